The second-order valence-electron chi connectivity index (χ2n) is 5.58. The highest BCUT2D eigenvalue weighted by atomic mass is 79.9. The highest BCUT2D eigenvalue weighted by Gasteiger charge is 2.29. The summed E-state index contributed by atoms with van der Waals surface area (Å²) in [5, 5.41) is 7.89. The van der Waals surface area contributed by atoms with E-state index in [-0.39, 0.29) is 12.1 Å². The van der Waals surface area contributed by atoms with E-state index in [9.17, 15) is 0 Å². The zero-order chi connectivity index (χ0) is 15.8. The van der Waals surface area contributed by atoms with Crippen molar-refractivity contribution in [3.05, 3.63) is 74.9 Å². The third-order valence-corrected chi connectivity index (χ3v) is 5.22. The molecule has 6 heteroatoms. The first-order chi connectivity index (χ1) is 11.2. The van der Waals surface area contributed by atoms with Crippen molar-refractivity contribution in [3.8, 4) is 0 Å². The second-order valence-corrected chi connectivity index (χ2v) is 7.41. The molecule has 1 aliphatic rings. The standard InChI is InChI=1S/C17H14Br2N4/c18-13-5-1-11(2-6-13)15-9-16(12-3-7-14(19)8-4-12)23-17(22-15)20-10-21-23/h1-8,10,15-16H,9H2,(H,20,21,22). The summed E-state index contributed by atoms with van der Waals surface area (Å²) in [6.07, 6.45) is 2.54. The zero-order valence-corrected chi connectivity index (χ0v) is 15.3. The van der Waals surface area contributed by atoms with Gasteiger partial charge in [0.25, 0.3) is 0 Å². The molecule has 0 radical (unpaired) electrons. The van der Waals surface area contributed by atoms with E-state index >= 15 is 0 Å². The lowest BCUT2D eigenvalue weighted by atomic mass is 9.93. The van der Waals surface area contributed by atoms with Gasteiger partial charge < -0.3 is 5.32 Å². The van der Waals surface area contributed by atoms with Crippen LogP contribution in [0.15, 0.2) is 63.8 Å². The first kappa shape index (κ1) is 14.9. The molecule has 1 aliphatic heterocycles. The fraction of sp³-hybridized carbons (Fsp3) is 0.176. The second kappa shape index (κ2) is 6.09. The Hall–Kier alpha value is -1.66. The Balaban J connectivity index is 1.71. The van der Waals surface area contributed by atoms with Gasteiger partial charge in [0.15, 0.2) is 0 Å². The van der Waals surface area contributed by atoms with Crippen LogP contribution in [0.4, 0.5) is 5.95 Å². The summed E-state index contributed by atoms with van der Waals surface area (Å²) >= 11 is 6.99. The first-order valence-electron chi connectivity index (χ1n) is 7.38. The lowest BCUT2D eigenvalue weighted by Gasteiger charge is -2.31. The van der Waals surface area contributed by atoms with E-state index in [1.807, 2.05) is 4.68 Å². The molecule has 4 rings (SSSR count). The van der Waals surface area contributed by atoms with Crippen LogP contribution in [0.1, 0.15) is 29.6 Å². The minimum absolute atomic E-state index is 0.176. The lowest BCUT2D eigenvalue weighted by molar-refractivity contribution is 0.431. The predicted octanol–water partition coefficient (Wildman–Crippen LogP) is 4.95. The first-order valence-corrected chi connectivity index (χ1v) is 8.96. The summed E-state index contributed by atoms with van der Waals surface area (Å²) in [4.78, 5) is 4.37. The molecular weight excluding hydrogens is 420 g/mol. The van der Waals surface area contributed by atoms with Crippen LogP contribution in [0, 0.1) is 0 Å². The van der Waals surface area contributed by atoms with E-state index in [4.69, 9.17) is 0 Å². The molecule has 2 aromatic carbocycles. The maximum absolute atomic E-state index is 4.40. The molecule has 0 saturated heterocycles. The van der Waals surface area contributed by atoms with Crippen molar-refractivity contribution in [1.29, 1.82) is 0 Å². The summed E-state index contributed by atoms with van der Waals surface area (Å²) in [6, 6.07) is 17.3. The predicted molar refractivity (Wildman–Crippen MR) is 97.4 cm³/mol. The maximum Gasteiger partial charge on any atom is 0.222 e. The van der Waals surface area contributed by atoms with Gasteiger partial charge >= 0.3 is 0 Å². The molecule has 2 heterocycles. The third kappa shape index (κ3) is 2.93. The van der Waals surface area contributed by atoms with Gasteiger partial charge in [-0.1, -0.05) is 56.1 Å². The molecule has 2 unspecified atom stereocenters. The van der Waals surface area contributed by atoms with Crippen LogP contribution < -0.4 is 5.32 Å². The van der Waals surface area contributed by atoms with Crippen molar-refractivity contribution in [2.24, 2.45) is 0 Å². The van der Waals surface area contributed by atoms with Crippen molar-refractivity contribution >= 4 is 37.8 Å². The molecule has 3 aromatic rings. The highest BCUT2D eigenvalue weighted by Crippen LogP contribution is 2.37. The van der Waals surface area contributed by atoms with E-state index in [0.717, 1.165) is 21.3 Å². The largest absolute Gasteiger partial charge is 0.348 e. The summed E-state index contributed by atoms with van der Waals surface area (Å²) in [6.45, 7) is 0. The molecule has 1 N–H and O–H groups in total. The Bertz CT molecular complexity index is 811. The fourth-order valence-electron chi connectivity index (χ4n) is 3.00. The van der Waals surface area contributed by atoms with Crippen molar-refractivity contribution in [2.45, 2.75) is 18.5 Å². The smallest absolute Gasteiger partial charge is 0.222 e. The highest BCUT2D eigenvalue weighted by molar-refractivity contribution is 9.10. The molecular formula is C17H14Br2N4. The van der Waals surface area contributed by atoms with E-state index in [1.54, 1.807) is 6.33 Å². The number of nitrogens with one attached hydrogen (secondary N) is 1. The van der Waals surface area contributed by atoms with Crippen LogP contribution in [-0.4, -0.2) is 14.8 Å². The van der Waals surface area contributed by atoms with Gasteiger partial charge in [0.05, 0.1) is 12.1 Å². The van der Waals surface area contributed by atoms with Gasteiger partial charge in [0.1, 0.15) is 6.33 Å². The molecule has 116 valence electrons. The number of hydrogen-bond acceptors (Lipinski definition) is 3. The topological polar surface area (TPSA) is 42.7 Å². The minimum Gasteiger partial charge on any atom is -0.348 e. The average Bonchev–Trinajstić information content (AvgIpc) is 3.04. The lowest BCUT2D eigenvalue weighted by Crippen LogP contribution is -2.28. The normalized spacial score (nSPS) is 19.9. The summed E-state index contributed by atoms with van der Waals surface area (Å²) in [7, 11) is 0. The van der Waals surface area contributed by atoms with Crippen molar-refractivity contribution < 1.29 is 0 Å². The number of aromatic nitrogens is 3. The van der Waals surface area contributed by atoms with Crippen LogP contribution in [0.5, 0.6) is 0 Å². The fourth-order valence-corrected chi connectivity index (χ4v) is 3.52. The van der Waals surface area contributed by atoms with E-state index < -0.39 is 0 Å². The number of nitrogens with zero attached hydrogens (tertiary/aromatic N) is 3. The molecule has 0 fully saturated rings. The van der Waals surface area contributed by atoms with E-state index in [2.05, 4.69) is 95.8 Å². The summed E-state index contributed by atoms with van der Waals surface area (Å²) in [5.74, 6) is 0.817. The van der Waals surface area contributed by atoms with Gasteiger partial charge in [-0.05, 0) is 41.8 Å². The van der Waals surface area contributed by atoms with E-state index in [0.29, 0.717) is 0 Å². The monoisotopic (exact) mass is 432 g/mol. The Morgan fingerprint density at radius 3 is 2.17 bits per heavy atom. The number of fused-ring (bicyclic) bond motifs is 1. The SMILES string of the molecule is Brc1ccc(C2CC(c3ccc(Br)cc3)n3ncnc3N2)cc1. The Labute approximate surface area is 151 Å². The van der Waals surface area contributed by atoms with Crippen LogP contribution in [0.25, 0.3) is 0 Å². The van der Waals surface area contributed by atoms with E-state index in [1.165, 1.54) is 11.1 Å². The van der Waals surface area contributed by atoms with Gasteiger partial charge in [-0.3, -0.25) is 0 Å². The molecule has 23 heavy (non-hydrogen) atoms. The number of benzene rings is 2. The Kier molecular flexibility index (Phi) is 3.95. The summed E-state index contributed by atoms with van der Waals surface area (Å²) < 4.78 is 4.14. The number of rotatable bonds is 2. The number of halogens is 2. The average molecular weight is 434 g/mol. The van der Waals surface area contributed by atoms with Gasteiger partial charge in [-0.2, -0.15) is 10.1 Å². The molecule has 4 nitrogen and oxygen atoms in total. The van der Waals surface area contributed by atoms with Crippen LogP contribution in [0.3, 0.4) is 0 Å². The van der Waals surface area contributed by atoms with Gasteiger partial charge in [0, 0.05) is 8.95 Å². The molecule has 0 amide bonds. The van der Waals surface area contributed by atoms with Crippen molar-refractivity contribution in [2.75, 3.05) is 5.32 Å². The quantitative estimate of drug-likeness (QED) is 0.621. The van der Waals surface area contributed by atoms with Crippen molar-refractivity contribution in [1.82, 2.24) is 14.8 Å². The number of anilines is 1. The van der Waals surface area contributed by atoms with Gasteiger partial charge in [0.2, 0.25) is 5.95 Å². The molecule has 0 saturated carbocycles. The summed E-state index contributed by atoms with van der Waals surface area (Å²) in [5.41, 5.74) is 2.49. The van der Waals surface area contributed by atoms with Gasteiger partial charge in [-0.25, -0.2) is 4.68 Å². The zero-order valence-electron chi connectivity index (χ0n) is 12.2. The van der Waals surface area contributed by atoms with Crippen LogP contribution >= 0.6 is 31.9 Å². The minimum atomic E-state index is 0.176. The van der Waals surface area contributed by atoms with Crippen molar-refractivity contribution in [3.63, 3.8) is 0 Å². The molecule has 0 spiro atoms. The molecule has 0 aliphatic carbocycles. The van der Waals surface area contributed by atoms with Crippen LogP contribution in [0.2, 0.25) is 0 Å². The Morgan fingerprint density at radius 1 is 0.913 bits per heavy atom. The maximum atomic E-state index is 4.40. The third-order valence-electron chi connectivity index (χ3n) is 4.16. The van der Waals surface area contributed by atoms with Crippen LogP contribution in [-0.2, 0) is 0 Å². The molecule has 0 bridgehead atoms. The molecule has 1 aromatic heterocycles. The number of hydrogen-bond donors (Lipinski definition) is 1. The Morgan fingerprint density at radius 2 is 1.52 bits per heavy atom. The van der Waals surface area contributed by atoms with Gasteiger partial charge in [-0.15, -0.1) is 0 Å². The molecule has 2 atom stereocenters.